The second-order valence-electron chi connectivity index (χ2n) is 5.12. The average Bonchev–Trinajstić information content (AvgIpc) is 3.24. The van der Waals surface area contributed by atoms with Crippen molar-refractivity contribution in [2.45, 2.75) is 6.42 Å². The van der Waals surface area contributed by atoms with Crippen LogP contribution in [0.1, 0.15) is 16.2 Å². The fourth-order valence-corrected chi connectivity index (χ4v) is 2.24. The normalized spacial score (nSPS) is 10.6. The Kier molecular flexibility index (Phi) is 4.50. The summed E-state index contributed by atoms with van der Waals surface area (Å²) in [5, 5.41) is 23.4. The maximum atomic E-state index is 13.2. The highest BCUT2D eigenvalue weighted by atomic mass is 19.1. The number of rotatable bonds is 6. The fourth-order valence-electron chi connectivity index (χ4n) is 2.24. The number of halogens is 1. The van der Waals surface area contributed by atoms with E-state index >= 15 is 0 Å². The molecule has 0 bridgehead atoms. The van der Waals surface area contributed by atoms with Crippen LogP contribution in [0.4, 0.5) is 10.1 Å². The van der Waals surface area contributed by atoms with Crippen LogP contribution in [0.5, 0.6) is 0 Å². The van der Waals surface area contributed by atoms with Gasteiger partial charge in [-0.1, -0.05) is 6.07 Å². The van der Waals surface area contributed by atoms with E-state index in [0.29, 0.717) is 17.8 Å². The van der Waals surface area contributed by atoms with Gasteiger partial charge in [-0.25, -0.2) is 9.07 Å². The van der Waals surface area contributed by atoms with Crippen LogP contribution in [0.2, 0.25) is 0 Å². The van der Waals surface area contributed by atoms with E-state index in [0.717, 1.165) is 6.20 Å². The standard InChI is InChI=1S/C15H13FN6O3/c16-10-2-1-3-12(8-10)21-7-5-11(20-21)4-6-17-15(23)14-13(22(24)25)9-18-19-14/h1-3,5,7-9H,4,6H2,(H,17,23)(H,18,19). The van der Waals surface area contributed by atoms with Gasteiger partial charge < -0.3 is 5.32 Å². The molecule has 2 heterocycles. The SMILES string of the molecule is O=C(NCCc1ccn(-c2cccc(F)c2)n1)c1[nH]ncc1[N+](=O)[O-]. The number of H-pyrrole nitrogens is 1. The van der Waals surface area contributed by atoms with E-state index < -0.39 is 10.8 Å². The summed E-state index contributed by atoms with van der Waals surface area (Å²) < 4.78 is 14.8. The molecule has 128 valence electrons. The van der Waals surface area contributed by atoms with Crippen molar-refractivity contribution in [1.82, 2.24) is 25.3 Å². The van der Waals surface area contributed by atoms with Gasteiger partial charge in [0.15, 0.2) is 0 Å². The molecule has 3 rings (SSSR count). The summed E-state index contributed by atoms with van der Waals surface area (Å²) in [6.07, 6.45) is 3.08. The lowest BCUT2D eigenvalue weighted by Crippen LogP contribution is -2.26. The Labute approximate surface area is 140 Å². The first-order chi connectivity index (χ1) is 12.0. The third-order valence-corrected chi connectivity index (χ3v) is 3.43. The molecule has 0 aliphatic rings. The van der Waals surface area contributed by atoms with Crippen LogP contribution in [-0.2, 0) is 6.42 Å². The summed E-state index contributed by atoms with van der Waals surface area (Å²) in [5.41, 5.74) is 0.690. The zero-order valence-corrected chi connectivity index (χ0v) is 12.8. The molecule has 0 saturated heterocycles. The number of nitro groups is 1. The number of carbonyl (C=O) groups is 1. The number of nitrogens with zero attached hydrogens (tertiary/aromatic N) is 4. The van der Waals surface area contributed by atoms with Crippen molar-refractivity contribution in [2.75, 3.05) is 6.54 Å². The number of nitrogens with one attached hydrogen (secondary N) is 2. The number of benzene rings is 1. The predicted octanol–water partition coefficient (Wildman–Crippen LogP) is 1.62. The minimum Gasteiger partial charge on any atom is -0.350 e. The van der Waals surface area contributed by atoms with Crippen LogP contribution in [0.3, 0.4) is 0 Å². The molecule has 0 spiro atoms. The molecular weight excluding hydrogens is 331 g/mol. The summed E-state index contributed by atoms with van der Waals surface area (Å²) in [5.74, 6) is -0.975. The van der Waals surface area contributed by atoms with E-state index in [1.54, 1.807) is 24.4 Å². The van der Waals surface area contributed by atoms with Crippen LogP contribution in [-0.4, -0.2) is 37.4 Å². The van der Waals surface area contributed by atoms with Gasteiger partial charge in [0.05, 0.1) is 16.3 Å². The molecule has 0 saturated carbocycles. The summed E-state index contributed by atoms with van der Waals surface area (Å²) in [6, 6.07) is 7.76. The highest BCUT2D eigenvalue weighted by Gasteiger charge is 2.22. The summed E-state index contributed by atoms with van der Waals surface area (Å²) in [4.78, 5) is 22.0. The topological polar surface area (TPSA) is 119 Å². The highest BCUT2D eigenvalue weighted by Crippen LogP contribution is 2.14. The Bertz CT molecular complexity index is 919. The molecule has 2 aromatic heterocycles. The molecule has 25 heavy (non-hydrogen) atoms. The first-order valence-corrected chi connectivity index (χ1v) is 7.31. The maximum Gasteiger partial charge on any atom is 0.319 e. The Morgan fingerprint density at radius 2 is 2.24 bits per heavy atom. The van der Waals surface area contributed by atoms with Crippen molar-refractivity contribution in [2.24, 2.45) is 0 Å². The van der Waals surface area contributed by atoms with E-state index in [1.807, 2.05) is 0 Å². The van der Waals surface area contributed by atoms with Gasteiger partial charge in [0.2, 0.25) is 5.69 Å². The van der Waals surface area contributed by atoms with Gasteiger partial charge in [0, 0.05) is 19.2 Å². The van der Waals surface area contributed by atoms with Crippen LogP contribution in [0.25, 0.3) is 5.69 Å². The quantitative estimate of drug-likeness (QED) is 0.520. The van der Waals surface area contributed by atoms with Gasteiger partial charge >= 0.3 is 5.69 Å². The number of hydrogen-bond donors (Lipinski definition) is 2. The lowest BCUT2D eigenvalue weighted by molar-refractivity contribution is -0.385. The van der Waals surface area contributed by atoms with Crippen LogP contribution in [0, 0.1) is 15.9 Å². The molecule has 1 amide bonds. The maximum absolute atomic E-state index is 13.2. The Hall–Kier alpha value is -3.56. The van der Waals surface area contributed by atoms with E-state index in [2.05, 4.69) is 20.6 Å². The molecule has 1 aromatic carbocycles. The number of amides is 1. The molecule has 2 N–H and O–H groups in total. The van der Waals surface area contributed by atoms with E-state index in [4.69, 9.17) is 0 Å². The first kappa shape index (κ1) is 16.3. The summed E-state index contributed by atoms with van der Waals surface area (Å²) >= 11 is 0. The minimum absolute atomic E-state index is 0.199. The second-order valence-corrected chi connectivity index (χ2v) is 5.12. The Morgan fingerprint density at radius 1 is 1.40 bits per heavy atom. The van der Waals surface area contributed by atoms with Crippen molar-refractivity contribution in [3.8, 4) is 5.69 Å². The molecule has 0 aliphatic heterocycles. The number of carbonyl (C=O) groups excluding carboxylic acids is 1. The van der Waals surface area contributed by atoms with Gasteiger partial charge in [-0.2, -0.15) is 10.2 Å². The molecule has 0 unspecified atom stereocenters. The number of aromatic amines is 1. The highest BCUT2D eigenvalue weighted by molar-refractivity contribution is 5.95. The minimum atomic E-state index is -0.681. The predicted molar refractivity (Wildman–Crippen MR) is 84.8 cm³/mol. The van der Waals surface area contributed by atoms with Crippen LogP contribution in [0.15, 0.2) is 42.7 Å². The van der Waals surface area contributed by atoms with Gasteiger partial charge in [0.25, 0.3) is 5.91 Å². The molecule has 0 aliphatic carbocycles. The molecule has 9 nitrogen and oxygen atoms in total. The monoisotopic (exact) mass is 344 g/mol. The zero-order valence-electron chi connectivity index (χ0n) is 12.8. The smallest absolute Gasteiger partial charge is 0.319 e. The van der Waals surface area contributed by atoms with Gasteiger partial charge in [0.1, 0.15) is 12.0 Å². The van der Waals surface area contributed by atoms with E-state index in [9.17, 15) is 19.3 Å². The molecule has 0 atom stereocenters. The average molecular weight is 344 g/mol. The lowest BCUT2D eigenvalue weighted by Gasteiger charge is -2.03. The largest absolute Gasteiger partial charge is 0.350 e. The Balaban J connectivity index is 1.59. The molecule has 0 radical (unpaired) electrons. The Morgan fingerprint density at radius 3 is 3.00 bits per heavy atom. The van der Waals surface area contributed by atoms with Gasteiger partial charge in [-0.3, -0.25) is 20.0 Å². The lowest BCUT2D eigenvalue weighted by atomic mass is 10.3. The van der Waals surface area contributed by atoms with Crippen molar-refractivity contribution in [1.29, 1.82) is 0 Å². The van der Waals surface area contributed by atoms with Crippen molar-refractivity contribution in [3.63, 3.8) is 0 Å². The zero-order chi connectivity index (χ0) is 17.8. The number of hydrogen-bond acceptors (Lipinski definition) is 5. The summed E-state index contributed by atoms with van der Waals surface area (Å²) in [7, 11) is 0. The third kappa shape index (κ3) is 3.68. The molecule has 10 heteroatoms. The van der Waals surface area contributed by atoms with Crippen molar-refractivity contribution < 1.29 is 14.1 Å². The third-order valence-electron chi connectivity index (χ3n) is 3.43. The summed E-state index contributed by atoms with van der Waals surface area (Å²) in [6.45, 7) is 0.231. The molecule has 0 fully saturated rings. The molecular formula is C15H13FN6O3. The van der Waals surface area contributed by atoms with Crippen LogP contribution < -0.4 is 5.32 Å². The fraction of sp³-hybridized carbons (Fsp3) is 0.133. The second kappa shape index (κ2) is 6.91. The van der Waals surface area contributed by atoms with Crippen molar-refractivity contribution in [3.05, 3.63) is 70.0 Å². The van der Waals surface area contributed by atoms with E-state index in [-0.39, 0.29) is 23.7 Å². The molecule has 3 aromatic rings. The number of aromatic nitrogens is 4. The van der Waals surface area contributed by atoms with Gasteiger partial charge in [-0.15, -0.1) is 0 Å². The van der Waals surface area contributed by atoms with E-state index in [1.165, 1.54) is 16.8 Å². The van der Waals surface area contributed by atoms with Crippen LogP contribution >= 0.6 is 0 Å². The first-order valence-electron chi connectivity index (χ1n) is 7.31. The van der Waals surface area contributed by atoms with Gasteiger partial charge in [-0.05, 0) is 24.3 Å². The van der Waals surface area contributed by atoms with Crippen molar-refractivity contribution >= 4 is 11.6 Å².